The second kappa shape index (κ2) is 12.9. The number of carbonyl (C=O) groups excluding carboxylic acids is 1. The van der Waals surface area contributed by atoms with Gasteiger partial charge in [0.05, 0.1) is 43.6 Å². The van der Waals surface area contributed by atoms with Crippen LogP contribution >= 0.6 is 46.3 Å². The second-order valence-electron chi connectivity index (χ2n) is 14.7. The van der Waals surface area contributed by atoms with Crippen molar-refractivity contribution in [2.24, 2.45) is 10.4 Å². The summed E-state index contributed by atoms with van der Waals surface area (Å²) < 4.78 is 0.894. The number of para-hydroxylation sites is 2. The predicted molar refractivity (Wildman–Crippen MR) is 210 cm³/mol. The molecule has 258 valence electrons. The normalized spacial score (nSPS) is 21.3. The number of nitrogens with one attached hydrogen (secondary N) is 2. The van der Waals surface area contributed by atoms with Crippen molar-refractivity contribution in [2.75, 3.05) is 41.7 Å². The summed E-state index contributed by atoms with van der Waals surface area (Å²) in [4.78, 5) is 27.9. The van der Waals surface area contributed by atoms with Crippen LogP contribution in [0.25, 0.3) is 10.2 Å². The van der Waals surface area contributed by atoms with Crippen LogP contribution in [-0.2, 0) is 5.41 Å². The number of halogens is 2. The van der Waals surface area contributed by atoms with Crippen molar-refractivity contribution in [3.63, 3.8) is 0 Å². The minimum atomic E-state index is -0.400. The Bertz CT molecular complexity index is 2100. The van der Waals surface area contributed by atoms with Crippen LogP contribution < -0.4 is 15.5 Å². The molecule has 1 aliphatic carbocycles. The number of piperidine rings is 1. The number of fused-ring (bicyclic) bond motifs is 4. The Morgan fingerprint density at radius 2 is 1.88 bits per heavy atom. The van der Waals surface area contributed by atoms with Crippen LogP contribution in [0.1, 0.15) is 44.7 Å². The highest BCUT2D eigenvalue weighted by atomic mass is 35.5. The van der Waals surface area contributed by atoms with Gasteiger partial charge in [-0.2, -0.15) is 0 Å². The van der Waals surface area contributed by atoms with Gasteiger partial charge in [0.2, 0.25) is 0 Å². The summed E-state index contributed by atoms with van der Waals surface area (Å²) in [6, 6.07) is 16.6. The molecule has 0 radical (unpaired) electrons. The maximum atomic E-state index is 13.4. The largest absolute Gasteiger partial charge is 0.506 e. The number of nitrogens with zero attached hydrogens (tertiary/aromatic N) is 4. The van der Waals surface area contributed by atoms with Crippen molar-refractivity contribution in [3.05, 3.63) is 94.0 Å². The van der Waals surface area contributed by atoms with Crippen LogP contribution in [0.5, 0.6) is 5.75 Å². The molecule has 1 spiro atoms. The molecule has 2 unspecified atom stereocenters. The number of thiazole rings is 1. The third kappa shape index (κ3) is 6.30. The van der Waals surface area contributed by atoms with Gasteiger partial charge in [0.1, 0.15) is 5.75 Å². The summed E-state index contributed by atoms with van der Waals surface area (Å²) in [6.45, 7) is 10.5. The third-order valence-electron chi connectivity index (χ3n) is 9.82. The third-order valence-corrected chi connectivity index (χ3v) is 12.8. The Hall–Kier alpha value is -3.54. The van der Waals surface area contributed by atoms with Gasteiger partial charge < -0.3 is 20.2 Å². The number of rotatable bonds is 5. The fraction of sp³-hybridized carbons (Fsp3) is 0.342. The van der Waals surface area contributed by atoms with Gasteiger partial charge in [-0.1, -0.05) is 91.4 Å². The van der Waals surface area contributed by atoms with E-state index in [1.54, 1.807) is 23.9 Å². The van der Waals surface area contributed by atoms with Crippen LogP contribution in [0.15, 0.2) is 82.9 Å². The van der Waals surface area contributed by atoms with E-state index < -0.39 is 6.03 Å². The lowest BCUT2D eigenvalue weighted by Crippen LogP contribution is -2.47. The van der Waals surface area contributed by atoms with Gasteiger partial charge >= 0.3 is 6.03 Å². The van der Waals surface area contributed by atoms with Gasteiger partial charge in [0.25, 0.3) is 0 Å². The predicted octanol–water partition coefficient (Wildman–Crippen LogP) is 9.75. The van der Waals surface area contributed by atoms with Crippen molar-refractivity contribution < 1.29 is 9.90 Å². The van der Waals surface area contributed by atoms with Gasteiger partial charge in [-0.25, -0.2) is 9.78 Å². The number of benzene rings is 3. The topological polar surface area (TPSA) is 93.1 Å². The van der Waals surface area contributed by atoms with E-state index >= 15 is 0 Å². The second-order valence-corrected chi connectivity index (χ2v) is 17.7. The number of urea groups is 1. The zero-order chi connectivity index (χ0) is 34.8. The average Bonchev–Trinajstić information content (AvgIpc) is 3.77. The van der Waals surface area contributed by atoms with Crippen molar-refractivity contribution >= 4 is 89.8 Å². The number of amides is 2. The van der Waals surface area contributed by atoms with E-state index in [1.165, 1.54) is 11.3 Å². The van der Waals surface area contributed by atoms with Gasteiger partial charge in [-0.05, 0) is 85.5 Å². The number of likely N-dealkylation sites (tertiary alicyclic amines) is 1. The van der Waals surface area contributed by atoms with Gasteiger partial charge in [-0.3, -0.25) is 10.3 Å². The Morgan fingerprint density at radius 1 is 1.08 bits per heavy atom. The lowest BCUT2D eigenvalue weighted by molar-refractivity contribution is 0.125. The number of anilines is 4. The molecule has 2 amide bonds. The maximum absolute atomic E-state index is 13.4. The summed E-state index contributed by atoms with van der Waals surface area (Å²) in [5.41, 5.74) is 5.14. The number of aromatic nitrogens is 1. The first-order valence-electron chi connectivity index (χ1n) is 16.8. The number of thioether (sulfide) groups is 1. The van der Waals surface area contributed by atoms with Crippen molar-refractivity contribution in [1.82, 2.24) is 9.88 Å². The molecule has 3 N–H and O–H groups in total. The Morgan fingerprint density at radius 3 is 2.66 bits per heavy atom. The zero-order valence-electron chi connectivity index (χ0n) is 28.0. The summed E-state index contributed by atoms with van der Waals surface area (Å²) in [5, 5.41) is 20.6. The molecule has 8 rings (SSSR count). The molecular formula is C38H38Cl2N6O2S2. The van der Waals surface area contributed by atoms with Crippen LogP contribution in [0.3, 0.4) is 0 Å². The molecule has 3 aromatic carbocycles. The molecule has 0 bridgehead atoms. The molecule has 4 aliphatic rings. The van der Waals surface area contributed by atoms with E-state index in [-0.39, 0.29) is 27.9 Å². The van der Waals surface area contributed by atoms with Crippen molar-refractivity contribution in [2.45, 2.75) is 50.3 Å². The smallest absolute Gasteiger partial charge is 0.325 e. The van der Waals surface area contributed by atoms with E-state index in [1.807, 2.05) is 54.6 Å². The van der Waals surface area contributed by atoms with Crippen LogP contribution in [0, 0.1) is 5.41 Å². The standard InChI is InChI=1S/C38H38Cl2N6O2S2/c1-37(2,3)20-45-17-15-38(16-18-45)21-46(32-29(47)14-12-23(31(32)38)34-41-27-9-6-7-24(40)33(27)50-34)28-10-5-4-8-25(28)42-35(48)44-36-43-26-13-11-22(39)19-30(26)49-36/h4-14,19,27,33,47H,15-18,20-21H2,1-3H3,(H2,42,43,44,48). The average molecular weight is 746 g/mol. The molecular weight excluding hydrogens is 707 g/mol. The molecule has 3 aliphatic heterocycles. The fourth-order valence-electron chi connectivity index (χ4n) is 7.75. The molecule has 4 heterocycles. The first-order valence-corrected chi connectivity index (χ1v) is 19.3. The lowest BCUT2D eigenvalue weighted by atomic mass is 9.72. The molecule has 1 saturated heterocycles. The number of phenolic OH excluding ortho intramolecular Hbond substituents is 1. The monoisotopic (exact) mass is 744 g/mol. The molecule has 1 fully saturated rings. The highest BCUT2D eigenvalue weighted by molar-refractivity contribution is 8.15. The van der Waals surface area contributed by atoms with Gasteiger partial charge in [0, 0.05) is 34.1 Å². The Balaban J connectivity index is 1.15. The van der Waals surface area contributed by atoms with Gasteiger partial charge in [-0.15, -0.1) is 0 Å². The number of aromatic hydroxyl groups is 1. The number of carbonyl (C=O) groups is 1. The number of aliphatic imine (C=N–C) groups is 1. The molecule has 8 nitrogen and oxygen atoms in total. The minimum Gasteiger partial charge on any atom is -0.506 e. The van der Waals surface area contributed by atoms with Crippen LogP contribution in [0.4, 0.5) is 27.0 Å². The summed E-state index contributed by atoms with van der Waals surface area (Å²) in [6.07, 6.45) is 7.92. The number of allylic oxidation sites excluding steroid dienone is 2. The summed E-state index contributed by atoms with van der Waals surface area (Å²) in [7, 11) is 0. The van der Waals surface area contributed by atoms with Crippen LogP contribution in [-0.4, -0.2) is 63.5 Å². The van der Waals surface area contributed by atoms with Crippen LogP contribution in [0.2, 0.25) is 5.02 Å². The van der Waals surface area contributed by atoms with Crippen molar-refractivity contribution in [1.29, 1.82) is 0 Å². The van der Waals surface area contributed by atoms with E-state index in [4.69, 9.17) is 28.2 Å². The highest BCUT2D eigenvalue weighted by Gasteiger charge is 2.49. The molecule has 4 aromatic rings. The number of hydrogen-bond donors (Lipinski definition) is 3. The SMILES string of the molecule is CC(C)(C)CN1CCC2(CC1)CN(c1ccccc1NC(=O)Nc1nc3ccc(Cl)cc3s1)c1c(O)ccc(C3=NC4C=CC=C(Cl)C4S3)c12. The maximum Gasteiger partial charge on any atom is 0.325 e. The first-order chi connectivity index (χ1) is 24.0. The molecule has 2 atom stereocenters. The summed E-state index contributed by atoms with van der Waals surface area (Å²) >= 11 is 15.9. The molecule has 50 heavy (non-hydrogen) atoms. The van der Waals surface area contributed by atoms with Crippen molar-refractivity contribution in [3.8, 4) is 5.75 Å². The van der Waals surface area contributed by atoms with E-state index in [0.29, 0.717) is 22.4 Å². The Kier molecular flexibility index (Phi) is 8.67. The zero-order valence-corrected chi connectivity index (χ0v) is 31.2. The van der Waals surface area contributed by atoms with E-state index in [2.05, 4.69) is 52.3 Å². The quantitative estimate of drug-likeness (QED) is 0.189. The van der Waals surface area contributed by atoms with Gasteiger partial charge in [0.15, 0.2) is 5.13 Å². The Labute approximate surface area is 310 Å². The first kappa shape index (κ1) is 33.6. The molecule has 0 saturated carbocycles. The van der Waals surface area contributed by atoms with E-state index in [0.717, 1.165) is 75.3 Å². The highest BCUT2D eigenvalue weighted by Crippen LogP contribution is 2.56. The summed E-state index contributed by atoms with van der Waals surface area (Å²) in [5.74, 6) is 0.212. The van der Waals surface area contributed by atoms with E-state index in [9.17, 15) is 9.90 Å². The lowest BCUT2D eigenvalue weighted by Gasteiger charge is -2.42. The fourth-order valence-corrected chi connectivity index (χ4v) is 10.4. The number of phenols is 1. The minimum absolute atomic E-state index is 0.0186. The molecule has 1 aromatic heterocycles. The molecule has 12 heteroatoms. The number of hydrogen-bond acceptors (Lipinski definition) is 8.